The number of hydrogen-bond donors (Lipinski definition) is 3. The van der Waals surface area contributed by atoms with Crippen LogP contribution in [-0.2, 0) is 30.5 Å². The summed E-state index contributed by atoms with van der Waals surface area (Å²) in [4.78, 5) is 66.8. The summed E-state index contributed by atoms with van der Waals surface area (Å²) in [6, 6.07) is 0.906. The Labute approximate surface area is 225 Å². The van der Waals surface area contributed by atoms with E-state index in [4.69, 9.17) is 4.74 Å². The first-order valence-corrected chi connectivity index (χ1v) is 13.1. The highest BCUT2D eigenvalue weighted by atomic mass is 32.2. The lowest BCUT2D eigenvalue weighted by Gasteiger charge is -2.24. The lowest BCUT2D eigenvalue weighted by atomic mass is 10.0. The Hall–Kier alpha value is -3.54. The number of esters is 1. The van der Waals surface area contributed by atoms with Gasteiger partial charge >= 0.3 is 5.97 Å². The Balaban J connectivity index is 2.42. The van der Waals surface area contributed by atoms with E-state index in [-0.39, 0.29) is 35.2 Å². The maximum absolute atomic E-state index is 14.2. The molecule has 2 bridgehead atoms. The summed E-state index contributed by atoms with van der Waals surface area (Å²) in [5.41, 5.74) is 0.141. The number of amides is 3. The molecule has 0 saturated carbocycles. The molecule has 1 aromatic heterocycles. The SMILES string of the molecule is CC(=O)SCC/C=C/[C@@H]1CC(=O)NCc2cc(F)cc(n2)C(=O)NC(=C(C)C)C(=O)N[C@@H](C(C)C)C(=O)O1. The van der Waals surface area contributed by atoms with Crippen molar-refractivity contribution in [1.82, 2.24) is 20.9 Å². The lowest BCUT2D eigenvalue weighted by Crippen LogP contribution is -2.49. The van der Waals surface area contributed by atoms with Crippen LogP contribution in [0.2, 0.25) is 0 Å². The van der Waals surface area contributed by atoms with Gasteiger partial charge < -0.3 is 20.7 Å². The number of fused-ring (bicyclic) bond motifs is 2. The van der Waals surface area contributed by atoms with E-state index in [1.165, 1.54) is 6.92 Å². The van der Waals surface area contributed by atoms with E-state index in [1.807, 2.05) is 0 Å². The van der Waals surface area contributed by atoms with Crippen molar-refractivity contribution >= 4 is 40.6 Å². The maximum atomic E-state index is 14.2. The van der Waals surface area contributed by atoms with E-state index in [2.05, 4.69) is 20.9 Å². The Morgan fingerprint density at radius 1 is 1.18 bits per heavy atom. The third-order valence-electron chi connectivity index (χ3n) is 5.31. The molecule has 2 heterocycles. The molecule has 0 aromatic carbocycles. The van der Waals surface area contributed by atoms with Crippen LogP contribution in [0.25, 0.3) is 0 Å². The predicted molar refractivity (Wildman–Crippen MR) is 140 cm³/mol. The molecule has 0 saturated heterocycles. The fourth-order valence-corrected chi connectivity index (χ4v) is 3.93. The van der Waals surface area contributed by atoms with Crippen LogP contribution >= 0.6 is 11.8 Å². The number of carbonyl (C=O) groups is 5. The van der Waals surface area contributed by atoms with Crippen LogP contribution in [0.1, 0.15) is 63.6 Å². The van der Waals surface area contributed by atoms with Crippen LogP contribution in [0, 0.1) is 11.7 Å². The number of hydrogen-bond acceptors (Lipinski definition) is 8. The molecule has 1 aromatic rings. The Morgan fingerprint density at radius 2 is 1.89 bits per heavy atom. The van der Waals surface area contributed by atoms with Gasteiger partial charge in [-0.25, -0.2) is 14.2 Å². The first kappa shape index (κ1) is 30.7. The van der Waals surface area contributed by atoms with Crippen molar-refractivity contribution < 1.29 is 33.1 Å². The van der Waals surface area contributed by atoms with Gasteiger partial charge in [0.25, 0.3) is 11.8 Å². The molecule has 0 unspecified atom stereocenters. The van der Waals surface area contributed by atoms with E-state index in [9.17, 15) is 28.4 Å². The number of aromatic nitrogens is 1. The van der Waals surface area contributed by atoms with Gasteiger partial charge in [-0.2, -0.15) is 0 Å². The van der Waals surface area contributed by atoms with Gasteiger partial charge in [0, 0.05) is 18.7 Å². The van der Waals surface area contributed by atoms with Crippen molar-refractivity contribution in [3.63, 3.8) is 0 Å². The van der Waals surface area contributed by atoms with E-state index in [0.717, 1.165) is 23.9 Å². The van der Waals surface area contributed by atoms with Crippen molar-refractivity contribution in [1.29, 1.82) is 0 Å². The third kappa shape index (κ3) is 9.73. The summed E-state index contributed by atoms with van der Waals surface area (Å²) in [6.45, 7) is 7.90. The summed E-state index contributed by atoms with van der Waals surface area (Å²) >= 11 is 1.15. The highest BCUT2D eigenvalue weighted by Gasteiger charge is 2.30. The summed E-state index contributed by atoms with van der Waals surface area (Å²) in [5.74, 6) is -3.43. The molecule has 0 spiro atoms. The minimum atomic E-state index is -1.09. The second-order valence-electron chi connectivity index (χ2n) is 9.20. The molecule has 0 aliphatic carbocycles. The summed E-state index contributed by atoms with van der Waals surface area (Å²) in [7, 11) is 0. The molecule has 2 rings (SSSR count). The van der Waals surface area contributed by atoms with Crippen molar-refractivity contribution in [2.45, 2.75) is 66.2 Å². The molecule has 1 aliphatic heterocycles. The minimum absolute atomic E-state index is 0.0227. The predicted octanol–water partition coefficient (Wildman–Crippen LogP) is 2.54. The zero-order valence-electron chi connectivity index (χ0n) is 22.1. The molecule has 38 heavy (non-hydrogen) atoms. The van der Waals surface area contributed by atoms with Gasteiger partial charge in [0.05, 0.1) is 18.7 Å². The highest BCUT2D eigenvalue weighted by molar-refractivity contribution is 8.13. The van der Waals surface area contributed by atoms with Crippen LogP contribution in [0.3, 0.4) is 0 Å². The summed E-state index contributed by atoms with van der Waals surface area (Å²) in [6.07, 6.45) is 2.56. The number of carbonyl (C=O) groups excluding carboxylic acids is 5. The number of ether oxygens (including phenoxy) is 1. The third-order valence-corrected chi connectivity index (χ3v) is 6.16. The first-order chi connectivity index (χ1) is 17.9. The number of pyridine rings is 1. The minimum Gasteiger partial charge on any atom is -0.456 e. The number of nitrogens with zero attached hydrogens (tertiary/aromatic N) is 1. The molecule has 3 amide bonds. The number of rotatable bonds is 5. The van der Waals surface area contributed by atoms with Gasteiger partial charge in [-0.1, -0.05) is 31.7 Å². The van der Waals surface area contributed by atoms with Crippen molar-refractivity contribution in [3.8, 4) is 0 Å². The Morgan fingerprint density at radius 3 is 2.53 bits per heavy atom. The van der Waals surface area contributed by atoms with Crippen LogP contribution in [-0.4, -0.2) is 51.7 Å². The van der Waals surface area contributed by atoms with E-state index in [0.29, 0.717) is 17.7 Å². The van der Waals surface area contributed by atoms with Crippen LogP contribution in [0.5, 0.6) is 0 Å². The van der Waals surface area contributed by atoms with Crippen molar-refractivity contribution in [3.05, 3.63) is 52.8 Å². The quantitative estimate of drug-likeness (QED) is 0.220. The molecular formula is C26H33FN4O6S. The van der Waals surface area contributed by atoms with Crippen LogP contribution in [0.4, 0.5) is 4.39 Å². The second-order valence-corrected chi connectivity index (χ2v) is 10.5. The summed E-state index contributed by atoms with van der Waals surface area (Å²) in [5, 5.41) is 7.61. The van der Waals surface area contributed by atoms with Crippen molar-refractivity contribution in [2.24, 2.45) is 5.92 Å². The number of thioether (sulfide) groups is 1. The molecule has 0 fully saturated rings. The molecule has 206 valence electrons. The molecule has 1 aliphatic rings. The van der Waals surface area contributed by atoms with Gasteiger partial charge in [-0.3, -0.25) is 19.2 Å². The second kappa shape index (κ2) is 14.4. The zero-order valence-corrected chi connectivity index (χ0v) is 22.9. The van der Waals surface area contributed by atoms with Crippen LogP contribution < -0.4 is 16.0 Å². The normalized spacial score (nSPS) is 19.6. The van der Waals surface area contributed by atoms with Gasteiger partial charge in [0.1, 0.15) is 29.4 Å². The Kier molecular flexibility index (Phi) is 11.6. The Bertz CT molecular complexity index is 1150. The molecule has 2 atom stereocenters. The first-order valence-electron chi connectivity index (χ1n) is 12.1. The van der Waals surface area contributed by atoms with Gasteiger partial charge in [-0.15, -0.1) is 0 Å². The lowest BCUT2D eigenvalue weighted by molar-refractivity contribution is -0.153. The number of halogens is 1. The summed E-state index contributed by atoms with van der Waals surface area (Å²) < 4.78 is 19.8. The van der Waals surface area contributed by atoms with E-state index < -0.39 is 47.6 Å². The largest absolute Gasteiger partial charge is 0.456 e. The van der Waals surface area contributed by atoms with E-state index in [1.54, 1.807) is 39.8 Å². The smallest absolute Gasteiger partial charge is 0.329 e. The molecule has 3 N–H and O–H groups in total. The molecular weight excluding hydrogens is 515 g/mol. The van der Waals surface area contributed by atoms with Crippen molar-refractivity contribution in [2.75, 3.05) is 5.75 Å². The van der Waals surface area contributed by atoms with Crippen LogP contribution in [0.15, 0.2) is 35.6 Å². The monoisotopic (exact) mass is 548 g/mol. The maximum Gasteiger partial charge on any atom is 0.329 e. The standard InChI is InChI=1S/C26H33FN4O6S/c1-14(2)22-25(35)31-23(15(3)4)26(36)37-19(8-6-7-9-38-16(5)32)12-21(33)28-13-18-10-17(27)11-20(29-18)24(34)30-22/h6,8,10-11,15,19,23H,7,9,12-13H2,1-5H3,(H,28,33)(H,30,34)(H,31,35)/b8-6+/t19-,23+/m1/s1. The van der Waals surface area contributed by atoms with Gasteiger partial charge in [-0.05, 0) is 43.9 Å². The fourth-order valence-electron chi connectivity index (χ4n) is 3.39. The number of allylic oxidation sites excluding steroid dienone is 2. The highest BCUT2D eigenvalue weighted by Crippen LogP contribution is 2.13. The topological polar surface area (TPSA) is 144 Å². The molecule has 0 radical (unpaired) electrons. The number of cyclic esters (lactones) is 1. The number of nitrogens with one attached hydrogen (secondary N) is 3. The molecule has 10 nitrogen and oxygen atoms in total. The molecule has 12 heteroatoms. The van der Waals surface area contributed by atoms with Gasteiger partial charge in [0.15, 0.2) is 5.12 Å². The fraction of sp³-hybridized carbons (Fsp3) is 0.462. The zero-order chi connectivity index (χ0) is 28.4. The average Bonchev–Trinajstić information content (AvgIpc) is 2.82. The average molecular weight is 549 g/mol. The van der Waals surface area contributed by atoms with Gasteiger partial charge in [0.2, 0.25) is 5.91 Å². The van der Waals surface area contributed by atoms with E-state index >= 15 is 0 Å².